The van der Waals surface area contributed by atoms with Gasteiger partial charge in [-0.25, -0.2) is 4.39 Å². The van der Waals surface area contributed by atoms with E-state index in [1.54, 1.807) is 12.1 Å². The molecule has 2 aliphatic heterocycles. The van der Waals surface area contributed by atoms with Crippen molar-refractivity contribution < 1.29 is 9.18 Å². The fourth-order valence-corrected chi connectivity index (χ4v) is 3.15. The first kappa shape index (κ1) is 12.6. The van der Waals surface area contributed by atoms with Gasteiger partial charge in [0.05, 0.1) is 0 Å². The SMILES string of the molecule is NC(=O)c1ccc(CN2CC3CNCC3C2)c(F)c1. The van der Waals surface area contributed by atoms with E-state index in [4.69, 9.17) is 5.73 Å². The maximum Gasteiger partial charge on any atom is 0.248 e. The standard InChI is InChI=1S/C14H18FN3O/c15-13-3-9(14(16)19)1-2-10(13)6-18-7-11-4-17-5-12(11)8-18/h1-3,11-12,17H,4-8H2,(H2,16,19). The molecule has 0 aromatic heterocycles. The summed E-state index contributed by atoms with van der Waals surface area (Å²) in [4.78, 5) is 13.3. The zero-order valence-corrected chi connectivity index (χ0v) is 10.7. The Hall–Kier alpha value is -1.46. The number of hydrogen-bond donors (Lipinski definition) is 2. The van der Waals surface area contributed by atoms with Crippen LogP contribution in [0, 0.1) is 17.7 Å². The van der Waals surface area contributed by atoms with Crippen LogP contribution in [0.5, 0.6) is 0 Å². The van der Waals surface area contributed by atoms with Crippen LogP contribution in [0.25, 0.3) is 0 Å². The molecular weight excluding hydrogens is 245 g/mol. The molecule has 1 amide bonds. The van der Waals surface area contributed by atoms with E-state index in [0.29, 0.717) is 23.9 Å². The lowest BCUT2D eigenvalue weighted by Gasteiger charge is -2.17. The van der Waals surface area contributed by atoms with Gasteiger partial charge in [0.25, 0.3) is 0 Å². The molecule has 3 N–H and O–H groups in total. The molecule has 1 aromatic rings. The molecule has 0 spiro atoms. The Kier molecular flexibility index (Phi) is 3.24. The number of rotatable bonds is 3. The number of carbonyl (C=O) groups is 1. The van der Waals surface area contributed by atoms with Gasteiger partial charge in [-0.15, -0.1) is 0 Å². The number of benzene rings is 1. The zero-order chi connectivity index (χ0) is 13.4. The van der Waals surface area contributed by atoms with Crippen molar-refractivity contribution in [1.82, 2.24) is 10.2 Å². The van der Waals surface area contributed by atoms with Crippen molar-refractivity contribution >= 4 is 5.91 Å². The fourth-order valence-electron chi connectivity index (χ4n) is 3.15. The molecule has 2 saturated heterocycles. The molecule has 0 bridgehead atoms. The molecule has 3 rings (SSSR count). The highest BCUT2D eigenvalue weighted by atomic mass is 19.1. The van der Waals surface area contributed by atoms with Crippen molar-refractivity contribution in [2.75, 3.05) is 26.2 Å². The summed E-state index contributed by atoms with van der Waals surface area (Å²) in [5.74, 6) is 0.472. The predicted octanol–water partition coefficient (Wildman–Crippen LogP) is 0.576. The van der Waals surface area contributed by atoms with Crippen LogP contribution < -0.4 is 11.1 Å². The second-order valence-electron chi connectivity index (χ2n) is 5.54. The Balaban J connectivity index is 1.69. The molecule has 2 aliphatic rings. The molecule has 102 valence electrons. The van der Waals surface area contributed by atoms with Gasteiger partial charge >= 0.3 is 0 Å². The Morgan fingerprint density at radius 1 is 1.37 bits per heavy atom. The largest absolute Gasteiger partial charge is 0.366 e. The molecule has 2 fully saturated rings. The van der Waals surface area contributed by atoms with E-state index in [0.717, 1.165) is 26.2 Å². The maximum atomic E-state index is 13.9. The summed E-state index contributed by atoms with van der Waals surface area (Å²) in [5.41, 5.74) is 6.00. The van der Waals surface area contributed by atoms with Crippen LogP contribution in [0.4, 0.5) is 4.39 Å². The van der Waals surface area contributed by atoms with Crippen molar-refractivity contribution in [3.63, 3.8) is 0 Å². The Labute approximate surface area is 111 Å². The monoisotopic (exact) mass is 263 g/mol. The van der Waals surface area contributed by atoms with Crippen molar-refractivity contribution in [2.45, 2.75) is 6.54 Å². The van der Waals surface area contributed by atoms with Crippen LogP contribution in [-0.4, -0.2) is 37.0 Å². The van der Waals surface area contributed by atoms with Gasteiger partial charge in [0.1, 0.15) is 5.82 Å². The van der Waals surface area contributed by atoms with E-state index in [-0.39, 0.29) is 11.4 Å². The van der Waals surface area contributed by atoms with E-state index in [9.17, 15) is 9.18 Å². The Morgan fingerprint density at radius 2 is 2.05 bits per heavy atom. The van der Waals surface area contributed by atoms with Crippen LogP contribution >= 0.6 is 0 Å². The van der Waals surface area contributed by atoms with Gasteiger partial charge in [-0.1, -0.05) is 6.07 Å². The summed E-state index contributed by atoms with van der Waals surface area (Å²) < 4.78 is 13.9. The van der Waals surface area contributed by atoms with E-state index in [1.807, 2.05) is 0 Å². The minimum Gasteiger partial charge on any atom is -0.366 e. The lowest BCUT2D eigenvalue weighted by Crippen LogP contribution is -2.26. The lowest BCUT2D eigenvalue weighted by atomic mass is 10.0. The van der Waals surface area contributed by atoms with Crippen molar-refractivity contribution in [3.8, 4) is 0 Å². The van der Waals surface area contributed by atoms with E-state index < -0.39 is 5.91 Å². The normalized spacial score (nSPS) is 26.6. The molecule has 2 unspecified atom stereocenters. The number of nitrogens with one attached hydrogen (secondary N) is 1. The molecular formula is C14H18FN3O. The predicted molar refractivity (Wildman–Crippen MR) is 70.0 cm³/mol. The number of amides is 1. The summed E-state index contributed by atoms with van der Waals surface area (Å²) in [5, 5.41) is 3.39. The Morgan fingerprint density at radius 3 is 2.63 bits per heavy atom. The van der Waals surface area contributed by atoms with Gasteiger partial charge in [0.15, 0.2) is 0 Å². The third-order valence-corrected chi connectivity index (χ3v) is 4.20. The van der Waals surface area contributed by atoms with Gasteiger partial charge in [-0.2, -0.15) is 0 Å². The molecule has 0 aliphatic carbocycles. The van der Waals surface area contributed by atoms with Crippen LogP contribution in [-0.2, 0) is 6.54 Å². The summed E-state index contributed by atoms with van der Waals surface area (Å²) in [7, 11) is 0. The van der Waals surface area contributed by atoms with Crippen LogP contribution in [0.1, 0.15) is 15.9 Å². The molecule has 0 radical (unpaired) electrons. The van der Waals surface area contributed by atoms with Gasteiger partial charge in [0, 0.05) is 30.8 Å². The number of nitrogens with zero attached hydrogens (tertiary/aromatic N) is 1. The minimum absolute atomic E-state index is 0.226. The molecule has 2 atom stereocenters. The number of fused-ring (bicyclic) bond motifs is 1. The fraction of sp³-hybridized carbons (Fsp3) is 0.500. The average molecular weight is 263 g/mol. The van der Waals surface area contributed by atoms with Crippen molar-refractivity contribution in [2.24, 2.45) is 17.6 Å². The number of primary amides is 1. The van der Waals surface area contributed by atoms with Gasteiger partial charge < -0.3 is 11.1 Å². The van der Waals surface area contributed by atoms with Crippen molar-refractivity contribution in [3.05, 3.63) is 35.1 Å². The third kappa shape index (κ3) is 2.48. The average Bonchev–Trinajstić information content (AvgIpc) is 2.92. The number of nitrogens with two attached hydrogens (primary N) is 1. The van der Waals surface area contributed by atoms with Crippen molar-refractivity contribution in [1.29, 1.82) is 0 Å². The molecule has 0 saturated carbocycles. The molecule has 4 nitrogen and oxygen atoms in total. The van der Waals surface area contributed by atoms with Crippen LogP contribution in [0.15, 0.2) is 18.2 Å². The smallest absolute Gasteiger partial charge is 0.248 e. The summed E-state index contributed by atoms with van der Waals surface area (Å²) in [6.45, 7) is 4.80. The second-order valence-corrected chi connectivity index (χ2v) is 5.54. The first-order valence-electron chi connectivity index (χ1n) is 6.65. The first-order valence-corrected chi connectivity index (χ1v) is 6.65. The topological polar surface area (TPSA) is 58.4 Å². The van der Waals surface area contributed by atoms with Crippen LogP contribution in [0.2, 0.25) is 0 Å². The summed E-state index contributed by atoms with van der Waals surface area (Å²) >= 11 is 0. The van der Waals surface area contributed by atoms with E-state index >= 15 is 0 Å². The highest BCUT2D eigenvalue weighted by Gasteiger charge is 2.35. The number of hydrogen-bond acceptors (Lipinski definition) is 3. The first-order chi connectivity index (χ1) is 9.13. The second kappa shape index (κ2) is 4.90. The number of halogens is 1. The number of carbonyl (C=O) groups excluding carboxylic acids is 1. The molecule has 5 heteroatoms. The highest BCUT2D eigenvalue weighted by Crippen LogP contribution is 2.27. The van der Waals surface area contributed by atoms with E-state index in [2.05, 4.69) is 10.2 Å². The summed E-state index contributed by atoms with van der Waals surface area (Å²) in [6.07, 6.45) is 0. The summed E-state index contributed by atoms with van der Waals surface area (Å²) in [6, 6.07) is 4.50. The number of likely N-dealkylation sites (tertiary alicyclic amines) is 1. The lowest BCUT2D eigenvalue weighted by molar-refractivity contribution is 0.1000. The van der Waals surface area contributed by atoms with Gasteiger partial charge in [-0.3, -0.25) is 9.69 Å². The quantitative estimate of drug-likeness (QED) is 0.838. The van der Waals surface area contributed by atoms with Gasteiger partial charge in [0.2, 0.25) is 5.91 Å². The highest BCUT2D eigenvalue weighted by molar-refractivity contribution is 5.92. The third-order valence-electron chi connectivity index (χ3n) is 4.20. The minimum atomic E-state index is -0.591. The molecule has 19 heavy (non-hydrogen) atoms. The zero-order valence-electron chi connectivity index (χ0n) is 10.7. The maximum absolute atomic E-state index is 13.9. The van der Waals surface area contributed by atoms with Gasteiger partial charge in [-0.05, 0) is 37.1 Å². The van der Waals surface area contributed by atoms with Crippen LogP contribution in [0.3, 0.4) is 0 Å². The van der Waals surface area contributed by atoms with E-state index in [1.165, 1.54) is 6.07 Å². The molecule has 1 aromatic carbocycles. The molecule has 2 heterocycles. The Bertz CT molecular complexity index is 493.